The Morgan fingerprint density at radius 1 is 1.26 bits per heavy atom. The van der Waals surface area contributed by atoms with Gasteiger partial charge in [0.05, 0.1) is 6.10 Å². The van der Waals surface area contributed by atoms with Crippen molar-refractivity contribution in [3.63, 3.8) is 0 Å². The average Bonchev–Trinajstić information content (AvgIpc) is 2.67. The van der Waals surface area contributed by atoms with Crippen molar-refractivity contribution in [2.24, 2.45) is 0 Å². The second-order valence-electron chi connectivity index (χ2n) is 5.62. The van der Waals surface area contributed by atoms with Gasteiger partial charge < -0.3 is 10.4 Å². The van der Waals surface area contributed by atoms with E-state index in [9.17, 15) is 9.50 Å². The molecule has 3 heteroatoms. The molecule has 0 aromatic heterocycles. The fourth-order valence-corrected chi connectivity index (χ4v) is 2.75. The summed E-state index contributed by atoms with van der Waals surface area (Å²) in [6.45, 7) is 2.28. The molecule has 1 aliphatic rings. The maximum atomic E-state index is 13.2. The minimum absolute atomic E-state index is 0.215. The Balaban J connectivity index is 1.85. The first-order valence-corrected chi connectivity index (χ1v) is 7.34. The molecule has 0 radical (unpaired) electrons. The predicted octanol–water partition coefficient (Wildman–Crippen LogP) is 3.48. The van der Waals surface area contributed by atoms with E-state index in [1.807, 2.05) is 0 Å². The Morgan fingerprint density at radius 2 is 1.95 bits per heavy atom. The summed E-state index contributed by atoms with van der Waals surface area (Å²) in [5, 5.41) is 13.6. The fourth-order valence-electron chi connectivity index (χ4n) is 2.75. The molecule has 0 bridgehead atoms. The number of hydrogen-bond donors (Lipinski definition) is 2. The SMILES string of the molecule is Cc1cc(C(O)CNC2CCCCCC2)ccc1F. The van der Waals surface area contributed by atoms with Crippen molar-refractivity contribution in [3.8, 4) is 0 Å². The Morgan fingerprint density at radius 3 is 2.58 bits per heavy atom. The van der Waals surface area contributed by atoms with Crippen molar-refractivity contribution >= 4 is 0 Å². The highest BCUT2D eigenvalue weighted by Gasteiger charge is 2.14. The average molecular weight is 265 g/mol. The largest absolute Gasteiger partial charge is 0.387 e. The van der Waals surface area contributed by atoms with Crippen LogP contribution in [0.1, 0.15) is 55.8 Å². The zero-order valence-electron chi connectivity index (χ0n) is 11.7. The van der Waals surface area contributed by atoms with Crippen molar-refractivity contribution in [3.05, 3.63) is 35.1 Å². The lowest BCUT2D eigenvalue weighted by molar-refractivity contribution is 0.168. The maximum absolute atomic E-state index is 13.2. The lowest BCUT2D eigenvalue weighted by Gasteiger charge is -2.19. The molecule has 1 atom stereocenters. The molecule has 1 saturated carbocycles. The van der Waals surface area contributed by atoms with E-state index in [-0.39, 0.29) is 5.82 Å². The van der Waals surface area contributed by atoms with Crippen LogP contribution in [0.15, 0.2) is 18.2 Å². The molecular weight excluding hydrogens is 241 g/mol. The van der Waals surface area contributed by atoms with E-state index < -0.39 is 6.10 Å². The molecule has 1 aromatic rings. The minimum Gasteiger partial charge on any atom is -0.387 e. The maximum Gasteiger partial charge on any atom is 0.126 e. The Kier molecular flexibility index (Phi) is 5.34. The summed E-state index contributed by atoms with van der Waals surface area (Å²) in [7, 11) is 0. The third-order valence-corrected chi connectivity index (χ3v) is 4.02. The fraction of sp³-hybridized carbons (Fsp3) is 0.625. The summed E-state index contributed by atoms with van der Waals surface area (Å²) in [6, 6.07) is 5.36. The highest BCUT2D eigenvalue weighted by molar-refractivity contribution is 5.25. The van der Waals surface area contributed by atoms with E-state index in [0.717, 1.165) is 5.56 Å². The number of aliphatic hydroxyl groups excluding tert-OH is 1. The molecule has 1 unspecified atom stereocenters. The molecule has 1 aliphatic carbocycles. The van der Waals surface area contributed by atoms with Crippen LogP contribution in [0.2, 0.25) is 0 Å². The molecule has 0 saturated heterocycles. The van der Waals surface area contributed by atoms with Crippen LogP contribution in [-0.4, -0.2) is 17.7 Å². The van der Waals surface area contributed by atoms with Crippen LogP contribution in [-0.2, 0) is 0 Å². The van der Waals surface area contributed by atoms with E-state index >= 15 is 0 Å². The van der Waals surface area contributed by atoms with Gasteiger partial charge >= 0.3 is 0 Å². The van der Waals surface area contributed by atoms with Gasteiger partial charge in [0, 0.05) is 12.6 Å². The second-order valence-corrected chi connectivity index (χ2v) is 5.62. The number of aryl methyl sites for hydroxylation is 1. The molecule has 1 fully saturated rings. The van der Waals surface area contributed by atoms with Gasteiger partial charge in [-0.2, -0.15) is 0 Å². The van der Waals surface area contributed by atoms with Crippen molar-refractivity contribution in [1.29, 1.82) is 0 Å². The van der Waals surface area contributed by atoms with Gasteiger partial charge in [-0.1, -0.05) is 37.8 Å². The molecule has 0 heterocycles. The summed E-state index contributed by atoms with van der Waals surface area (Å²) >= 11 is 0. The van der Waals surface area contributed by atoms with Gasteiger partial charge in [0.2, 0.25) is 0 Å². The molecular formula is C16H24FNO. The zero-order chi connectivity index (χ0) is 13.7. The molecule has 0 amide bonds. The van der Waals surface area contributed by atoms with Gasteiger partial charge in [0.25, 0.3) is 0 Å². The van der Waals surface area contributed by atoms with Crippen LogP contribution >= 0.6 is 0 Å². The van der Waals surface area contributed by atoms with Gasteiger partial charge in [-0.15, -0.1) is 0 Å². The van der Waals surface area contributed by atoms with E-state index in [1.165, 1.54) is 44.6 Å². The molecule has 1 aromatic carbocycles. The molecule has 0 aliphatic heterocycles. The third kappa shape index (κ3) is 4.29. The molecule has 2 rings (SSSR count). The van der Waals surface area contributed by atoms with Crippen LogP contribution < -0.4 is 5.32 Å². The minimum atomic E-state index is -0.553. The lowest BCUT2D eigenvalue weighted by Crippen LogP contribution is -2.32. The van der Waals surface area contributed by atoms with Crippen molar-refractivity contribution < 1.29 is 9.50 Å². The Labute approximate surface area is 115 Å². The predicted molar refractivity (Wildman–Crippen MR) is 75.6 cm³/mol. The van der Waals surface area contributed by atoms with Gasteiger partial charge in [-0.05, 0) is 37.0 Å². The van der Waals surface area contributed by atoms with Gasteiger partial charge in [-0.3, -0.25) is 0 Å². The molecule has 2 nitrogen and oxygen atoms in total. The van der Waals surface area contributed by atoms with Crippen LogP contribution in [0, 0.1) is 12.7 Å². The number of rotatable bonds is 4. The summed E-state index contributed by atoms with van der Waals surface area (Å²) in [5.74, 6) is -0.215. The zero-order valence-corrected chi connectivity index (χ0v) is 11.7. The first-order valence-electron chi connectivity index (χ1n) is 7.34. The molecule has 2 N–H and O–H groups in total. The topological polar surface area (TPSA) is 32.3 Å². The van der Waals surface area contributed by atoms with E-state index in [4.69, 9.17) is 0 Å². The standard InChI is InChI=1S/C16H24FNO/c1-12-10-13(8-9-15(12)17)16(19)11-18-14-6-4-2-3-5-7-14/h8-10,14,16,18-19H,2-7,11H2,1H3. The van der Waals surface area contributed by atoms with Crippen LogP contribution in [0.25, 0.3) is 0 Å². The number of halogens is 1. The molecule has 106 valence electrons. The van der Waals surface area contributed by atoms with E-state index in [2.05, 4.69) is 5.32 Å². The highest BCUT2D eigenvalue weighted by atomic mass is 19.1. The van der Waals surface area contributed by atoms with E-state index in [0.29, 0.717) is 18.2 Å². The van der Waals surface area contributed by atoms with Crippen LogP contribution in [0.5, 0.6) is 0 Å². The summed E-state index contributed by atoms with van der Waals surface area (Å²) in [6.07, 6.45) is 7.08. The number of benzene rings is 1. The van der Waals surface area contributed by atoms with Gasteiger partial charge in [0.1, 0.15) is 5.82 Å². The lowest BCUT2D eigenvalue weighted by atomic mass is 10.0. The quantitative estimate of drug-likeness (QED) is 0.817. The number of hydrogen-bond acceptors (Lipinski definition) is 2. The van der Waals surface area contributed by atoms with E-state index in [1.54, 1.807) is 19.1 Å². The first-order chi connectivity index (χ1) is 9.16. The molecule has 0 spiro atoms. The normalized spacial score (nSPS) is 19.1. The van der Waals surface area contributed by atoms with Crippen LogP contribution in [0.3, 0.4) is 0 Å². The number of nitrogens with one attached hydrogen (secondary N) is 1. The Hall–Kier alpha value is -0.930. The van der Waals surface area contributed by atoms with Crippen molar-refractivity contribution in [1.82, 2.24) is 5.32 Å². The number of aliphatic hydroxyl groups is 1. The smallest absolute Gasteiger partial charge is 0.126 e. The van der Waals surface area contributed by atoms with Crippen LogP contribution in [0.4, 0.5) is 4.39 Å². The third-order valence-electron chi connectivity index (χ3n) is 4.02. The van der Waals surface area contributed by atoms with Crippen molar-refractivity contribution in [2.75, 3.05) is 6.54 Å². The second kappa shape index (κ2) is 7.01. The van der Waals surface area contributed by atoms with Gasteiger partial charge in [0.15, 0.2) is 0 Å². The summed E-state index contributed by atoms with van der Waals surface area (Å²) in [4.78, 5) is 0. The first kappa shape index (κ1) is 14.5. The highest BCUT2D eigenvalue weighted by Crippen LogP contribution is 2.19. The van der Waals surface area contributed by atoms with Crippen molar-refractivity contribution in [2.45, 2.75) is 57.6 Å². The summed E-state index contributed by atoms with van der Waals surface area (Å²) in [5.41, 5.74) is 1.38. The molecule has 19 heavy (non-hydrogen) atoms. The van der Waals surface area contributed by atoms with Gasteiger partial charge in [-0.25, -0.2) is 4.39 Å². The Bertz CT molecular complexity index is 400. The summed E-state index contributed by atoms with van der Waals surface area (Å²) < 4.78 is 13.2. The monoisotopic (exact) mass is 265 g/mol.